The Morgan fingerprint density at radius 2 is 2.06 bits per heavy atom. The van der Waals surface area contributed by atoms with Crippen molar-refractivity contribution in [3.63, 3.8) is 0 Å². The Bertz CT molecular complexity index is 270. The maximum absolute atomic E-state index is 11.6. The largest absolute Gasteiger partial charge is 0.480 e. The second kappa shape index (κ2) is 8.71. The third-order valence-corrected chi connectivity index (χ3v) is 2.32. The summed E-state index contributed by atoms with van der Waals surface area (Å²) in [4.78, 5) is 23.8. The first-order chi connectivity index (χ1) is 8.38. The van der Waals surface area contributed by atoms with Gasteiger partial charge >= 0.3 is 12.0 Å². The molecule has 0 saturated heterocycles. The lowest BCUT2D eigenvalue weighted by Crippen LogP contribution is -2.48. The molecule has 0 aliphatic carbocycles. The van der Waals surface area contributed by atoms with Crippen LogP contribution in [-0.4, -0.2) is 66.6 Å². The van der Waals surface area contributed by atoms with Gasteiger partial charge in [-0.3, -0.25) is 0 Å². The van der Waals surface area contributed by atoms with Crippen LogP contribution in [0.1, 0.15) is 19.8 Å². The molecular weight excluding hydrogens is 240 g/mol. The second-order valence-corrected chi connectivity index (χ2v) is 4.20. The van der Waals surface area contributed by atoms with Crippen molar-refractivity contribution < 1.29 is 24.5 Å². The molecule has 0 aliphatic heterocycles. The number of carbonyl (C=O) groups is 2. The second-order valence-electron chi connectivity index (χ2n) is 4.20. The molecule has 0 heterocycles. The summed E-state index contributed by atoms with van der Waals surface area (Å²) in [6.45, 7) is 2.15. The van der Waals surface area contributed by atoms with Crippen LogP contribution in [0.3, 0.4) is 0 Å². The smallest absolute Gasteiger partial charge is 0.326 e. The third-order valence-electron chi connectivity index (χ3n) is 2.32. The fourth-order valence-electron chi connectivity index (χ4n) is 1.43. The van der Waals surface area contributed by atoms with Crippen LogP contribution in [0.15, 0.2) is 0 Å². The standard InChI is InChI=1S/C11H22N2O5/c1-8(14)7-13(2)11(17)12-9(10(15)16)5-4-6-18-3/h8-9,14H,4-7H2,1-3H3,(H,12,17)(H,15,16). The van der Waals surface area contributed by atoms with Crippen molar-refractivity contribution in [3.8, 4) is 0 Å². The topological polar surface area (TPSA) is 99.1 Å². The number of rotatable bonds is 8. The highest BCUT2D eigenvalue weighted by Crippen LogP contribution is 2.00. The van der Waals surface area contributed by atoms with E-state index in [1.54, 1.807) is 6.92 Å². The number of aliphatic hydroxyl groups excluding tert-OH is 1. The number of amides is 2. The number of ether oxygens (including phenoxy) is 1. The number of nitrogens with one attached hydrogen (secondary N) is 1. The van der Waals surface area contributed by atoms with Gasteiger partial charge in [0, 0.05) is 27.3 Å². The molecule has 2 atom stereocenters. The van der Waals surface area contributed by atoms with Gasteiger partial charge in [-0.05, 0) is 19.8 Å². The minimum Gasteiger partial charge on any atom is -0.480 e. The first kappa shape index (κ1) is 16.7. The SMILES string of the molecule is COCCCC(NC(=O)N(C)CC(C)O)C(=O)O. The molecule has 0 aromatic carbocycles. The van der Waals surface area contributed by atoms with Crippen LogP contribution >= 0.6 is 0 Å². The van der Waals surface area contributed by atoms with Crippen molar-refractivity contribution in [2.45, 2.75) is 31.9 Å². The Morgan fingerprint density at radius 1 is 1.44 bits per heavy atom. The molecular formula is C11H22N2O5. The van der Waals surface area contributed by atoms with Gasteiger partial charge in [0.2, 0.25) is 0 Å². The maximum atomic E-state index is 11.6. The molecule has 3 N–H and O–H groups in total. The maximum Gasteiger partial charge on any atom is 0.326 e. The minimum atomic E-state index is -1.08. The van der Waals surface area contributed by atoms with E-state index in [4.69, 9.17) is 14.9 Å². The van der Waals surface area contributed by atoms with Crippen molar-refractivity contribution >= 4 is 12.0 Å². The number of hydrogen-bond acceptors (Lipinski definition) is 4. The lowest BCUT2D eigenvalue weighted by atomic mass is 10.1. The van der Waals surface area contributed by atoms with Crippen molar-refractivity contribution in [1.29, 1.82) is 0 Å². The monoisotopic (exact) mass is 262 g/mol. The number of carboxylic acid groups (broad SMARTS) is 1. The lowest BCUT2D eigenvalue weighted by molar-refractivity contribution is -0.139. The fourth-order valence-corrected chi connectivity index (χ4v) is 1.43. The van der Waals surface area contributed by atoms with Crippen LogP contribution in [0.4, 0.5) is 4.79 Å². The number of carboxylic acids is 1. The summed E-state index contributed by atoms with van der Waals surface area (Å²) in [5.41, 5.74) is 0. The molecule has 0 radical (unpaired) electrons. The quantitative estimate of drug-likeness (QED) is 0.530. The normalized spacial score (nSPS) is 13.8. The summed E-state index contributed by atoms with van der Waals surface area (Å²) < 4.78 is 4.83. The fraction of sp³-hybridized carbons (Fsp3) is 0.818. The average Bonchev–Trinajstić information content (AvgIpc) is 2.26. The van der Waals surface area contributed by atoms with E-state index >= 15 is 0 Å². The zero-order chi connectivity index (χ0) is 14.1. The van der Waals surface area contributed by atoms with Gasteiger partial charge in [0.05, 0.1) is 6.10 Å². The van der Waals surface area contributed by atoms with Crippen LogP contribution in [0.5, 0.6) is 0 Å². The van der Waals surface area contributed by atoms with Gasteiger partial charge in [0.25, 0.3) is 0 Å². The number of carbonyl (C=O) groups excluding carboxylic acids is 1. The zero-order valence-electron chi connectivity index (χ0n) is 11.0. The highest BCUT2D eigenvalue weighted by atomic mass is 16.5. The zero-order valence-corrected chi connectivity index (χ0v) is 11.0. The van der Waals surface area contributed by atoms with Crippen LogP contribution in [0.2, 0.25) is 0 Å². The Labute approximate surface area is 107 Å². The van der Waals surface area contributed by atoms with E-state index in [2.05, 4.69) is 5.32 Å². The predicted octanol–water partition coefficient (Wildman–Crippen LogP) is -0.112. The van der Waals surface area contributed by atoms with Gasteiger partial charge in [-0.2, -0.15) is 0 Å². The van der Waals surface area contributed by atoms with E-state index in [0.29, 0.717) is 19.4 Å². The van der Waals surface area contributed by atoms with Crippen LogP contribution in [-0.2, 0) is 9.53 Å². The highest BCUT2D eigenvalue weighted by Gasteiger charge is 2.21. The Balaban J connectivity index is 4.22. The number of aliphatic hydroxyl groups is 1. The molecule has 0 spiro atoms. The lowest BCUT2D eigenvalue weighted by Gasteiger charge is -2.22. The molecule has 2 unspecified atom stereocenters. The number of aliphatic carboxylic acids is 1. The van der Waals surface area contributed by atoms with Crippen molar-refractivity contribution in [1.82, 2.24) is 10.2 Å². The van der Waals surface area contributed by atoms with E-state index in [9.17, 15) is 9.59 Å². The molecule has 0 saturated carbocycles. The molecule has 0 bridgehead atoms. The van der Waals surface area contributed by atoms with Crippen molar-refractivity contribution in [3.05, 3.63) is 0 Å². The van der Waals surface area contributed by atoms with Gasteiger partial charge < -0.3 is 25.2 Å². The summed E-state index contributed by atoms with van der Waals surface area (Å²) in [5.74, 6) is -1.08. The molecule has 7 nitrogen and oxygen atoms in total. The number of likely N-dealkylation sites (N-methyl/N-ethyl adjacent to an activating group) is 1. The third kappa shape index (κ3) is 7.08. The van der Waals surface area contributed by atoms with Crippen LogP contribution in [0, 0.1) is 0 Å². The Kier molecular flexibility index (Phi) is 8.06. The van der Waals surface area contributed by atoms with Gasteiger partial charge in [0.15, 0.2) is 0 Å². The molecule has 2 amide bonds. The molecule has 0 rings (SSSR count). The average molecular weight is 262 g/mol. The molecule has 7 heteroatoms. The summed E-state index contributed by atoms with van der Waals surface area (Å²) in [6, 6.07) is -1.45. The van der Waals surface area contributed by atoms with Crippen molar-refractivity contribution in [2.75, 3.05) is 27.3 Å². The Hall–Kier alpha value is -1.34. The van der Waals surface area contributed by atoms with Gasteiger partial charge in [-0.15, -0.1) is 0 Å². The molecule has 0 fully saturated rings. The van der Waals surface area contributed by atoms with E-state index < -0.39 is 24.1 Å². The first-order valence-electron chi connectivity index (χ1n) is 5.80. The van der Waals surface area contributed by atoms with Crippen molar-refractivity contribution in [2.24, 2.45) is 0 Å². The number of nitrogens with zero attached hydrogens (tertiary/aromatic N) is 1. The van der Waals surface area contributed by atoms with E-state index in [1.807, 2.05) is 0 Å². The molecule has 0 aromatic heterocycles. The molecule has 0 aliphatic rings. The highest BCUT2D eigenvalue weighted by molar-refractivity contribution is 5.82. The van der Waals surface area contributed by atoms with Gasteiger partial charge in [-0.25, -0.2) is 9.59 Å². The first-order valence-corrected chi connectivity index (χ1v) is 5.80. The Morgan fingerprint density at radius 3 is 2.50 bits per heavy atom. The summed E-state index contributed by atoms with van der Waals surface area (Å²) in [7, 11) is 3.03. The summed E-state index contributed by atoms with van der Waals surface area (Å²) in [5, 5.41) is 20.5. The van der Waals surface area contributed by atoms with Crippen LogP contribution in [0.25, 0.3) is 0 Å². The van der Waals surface area contributed by atoms with Gasteiger partial charge in [0.1, 0.15) is 6.04 Å². The van der Waals surface area contributed by atoms with E-state index in [-0.39, 0.29) is 6.54 Å². The predicted molar refractivity (Wildman–Crippen MR) is 65.4 cm³/mol. The van der Waals surface area contributed by atoms with Crippen LogP contribution < -0.4 is 5.32 Å². The molecule has 18 heavy (non-hydrogen) atoms. The van der Waals surface area contributed by atoms with Gasteiger partial charge in [-0.1, -0.05) is 0 Å². The summed E-state index contributed by atoms with van der Waals surface area (Å²) >= 11 is 0. The molecule has 0 aromatic rings. The van der Waals surface area contributed by atoms with E-state index in [1.165, 1.54) is 19.1 Å². The minimum absolute atomic E-state index is 0.149. The number of methoxy groups -OCH3 is 1. The number of urea groups is 1. The summed E-state index contributed by atoms with van der Waals surface area (Å²) in [6.07, 6.45) is 0.197. The molecule has 106 valence electrons. The van der Waals surface area contributed by atoms with E-state index in [0.717, 1.165) is 0 Å². The number of hydrogen-bond donors (Lipinski definition) is 3.